The second-order valence-electron chi connectivity index (χ2n) is 7.56. The molecule has 2 aromatic rings. The monoisotopic (exact) mass is 384 g/mol. The molecule has 3 rings (SSSR count). The van der Waals surface area contributed by atoms with Crippen molar-refractivity contribution in [1.29, 1.82) is 0 Å². The third-order valence-electron chi connectivity index (χ3n) is 5.44. The highest BCUT2D eigenvalue weighted by atomic mass is 16.5. The number of aryl methyl sites for hydroxylation is 1. The number of methoxy groups -OCH3 is 1. The molecule has 0 aliphatic heterocycles. The molecule has 0 N–H and O–H groups in total. The van der Waals surface area contributed by atoms with Crippen LogP contribution in [0.5, 0.6) is 5.75 Å². The normalized spacial score (nSPS) is 14.8. The maximum atomic E-state index is 11.5. The number of aromatic nitrogens is 2. The van der Waals surface area contributed by atoms with E-state index in [4.69, 9.17) is 14.6 Å². The maximum Gasteiger partial charge on any atom is 0.305 e. The Morgan fingerprint density at radius 2 is 1.93 bits per heavy atom. The Bertz CT molecular complexity index is 746. The van der Waals surface area contributed by atoms with Gasteiger partial charge in [0.25, 0.3) is 0 Å². The highest BCUT2D eigenvalue weighted by molar-refractivity contribution is 5.69. The lowest BCUT2D eigenvalue weighted by atomic mass is 9.95. The first-order valence-corrected chi connectivity index (χ1v) is 10.6. The minimum Gasteiger partial charge on any atom is -0.494 e. The second kappa shape index (κ2) is 10.3. The van der Waals surface area contributed by atoms with Crippen LogP contribution in [0.2, 0.25) is 0 Å². The molecule has 1 fully saturated rings. The lowest BCUT2D eigenvalue weighted by molar-refractivity contribution is -0.140. The predicted molar refractivity (Wildman–Crippen MR) is 111 cm³/mol. The summed E-state index contributed by atoms with van der Waals surface area (Å²) >= 11 is 0. The zero-order valence-corrected chi connectivity index (χ0v) is 17.2. The van der Waals surface area contributed by atoms with Gasteiger partial charge in [-0.15, -0.1) is 0 Å². The van der Waals surface area contributed by atoms with Crippen LogP contribution in [0.1, 0.15) is 70.0 Å². The molecule has 0 amide bonds. The quantitative estimate of drug-likeness (QED) is 0.432. The van der Waals surface area contributed by atoms with Crippen molar-refractivity contribution in [2.24, 2.45) is 0 Å². The number of unbranched alkanes of at least 4 members (excludes halogenated alkanes) is 1. The van der Waals surface area contributed by atoms with Crippen LogP contribution in [0.4, 0.5) is 0 Å². The Kier molecular flexibility index (Phi) is 7.52. The van der Waals surface area contributed by atoms with Gasteiger partial charge in [0.1, 0.15) is 5.75 Å². The van der Waals surface area contributed by atoms with Gasteiger partial charge in [0.15, 0.2) is 0 Å². The molecule has 0 atom stereocenters. The van der Waals surface area contributed by atoms with Gasteiger partial charge in [-0.3, -0.25) is 9.48 Å². The molecule has 0 spiro atoms. The largest absolute Gasteiger partial charge is 0.494 e. The molecule has 1 aliphatic carbocycles. The Labute approximate surface area is 168 Å². The summed E-state index contributed by atoms with van der Waals surface area (Å²) in [5.74, 6) is 0.717. The zero-order chi connectivity index (χ0) is 19.8. The lowest BCUT2D eigenvalue weighted by Crippen LogP contribution is -2.15. The number of benzene rings is 1. The van der Waals surface area contributed by atoms with Gasteiger partial charge in [-0.25, -0.2) is 0 Å². The van der Waals surface area contributed by atoms with E-state index in [9.17, 15) is 4.79 Å². The molecule has 28 heavy (non-hydrogen) atoms. The topological polar surface area (TPSA) is 53.4 Å². The van der Waals surface area contributed by atoms with Gasteiger partial charge in [0.2, 0.25) is 0 Å². The number of esters is 1. The summed E-state index contributed by atoms with van der Waals surface area (Å²) in [6.07, 6.45) is 9.34. The number of hydrogen-bond donors (Lipinski definition) is 0. The van der Waals surface area contributed by atoms with Gasteiger partial charge in [0.05, 0.1) is 37.6 Å². The molecular formula is C23H32N2O3. The molecule has 0 saturated heterocycles. The van der Waals surface area contributed by atoms with Crippen LogP contribution in [-0.2, 0) is 16.0 Å². The molecule has 0 unspecified atom stereocenters. The second-order valence-corrected chi connectivity index (χ2v) is 7.56. The number of carbonyl (C=O) groups excluding carboxylic acids is 1. The number of nitrogens with zero attached hydrogens (tertiary/aromatic N) is 2. The number of ether oxygens (including phenoxy) is 2. The molecule has 152 valence electrons. The van der Waals surface area contributed by atoms with Crippen molar-refractivity contribution in [1.82, 2.24) is 9.78 Å². The molecule has 0 bridgehead atoms. The lowest BCUT2D eigenvalue weighted by Gasteiger charge is -2.24. The van der Waals surface area contributed by atoms with Crippen LogP contribution in [0.15, 0.2) is 30.3 Å². The number of carbonyl (C=O) groups is 1. The summed E-state index contributed by atoms with van der Waals surface area (Å²) in [5.41, 5.74) is 3.23. The van der Waals surface area contributed by atoms with Crippen LogP contribution >= 0.6 is 0 Å². The van der Waals surface area contributed by atoms with Crippen LogP contribution in [-0.4, -0.2) is 29.5 Å². The van der Waals surface area contributed by atoms with Crippen molar-refractivity contribution in [3.63, 3.8) is 0 Å². The standard InChI is InChI=1S/C23H32N2O3/c1-3-4-16-28-21-13-10-18(11-14-21)22-17-19(12-15-23(26)27-2)24-25(22)20-8-6-5-7-9-20/h10-11,13-14,17,20H,3-9,12,15-16H2,1-2H3. The van der Waals surface area contributed by atoms with Crippen LogP contribution < -0.4 is 4.74 Å². The van der Waals surface area contributed by atoms with E-state index in [1.807, 2.05) is 12.1 Å². The van der Waals surface area contributed by atoms with Crippen LogP contribution in [0.3, 0.4) is 0 Å². The van der Waals surface area contributed by atoms with Crippen molar-refractivity contribution in [2.45, 2.75) is 70.8 Å². The van der Waals surface area contributed by atoms with Gasteiger partial charge in [-0.1, -0.05) is 32.6 Å². The summed E-state index contributed by atoms with van der Waals surface area (Å²) in [4.78, 5) is 11.5. The smallest absolute Gasteiger partial charge is 0.305 e. The fraction of sp³-hybridized carbons (Fsp3) is 0.565. The van der Waals surface area contributed by atoms with Crippen LogP contribution in [0, 0.1) is 0 Å². The molecule has 0 radical (unpaired) electrons. The molecular weight excluding hydrogens is 352 g/mol. The SMILES string of the molecule is CCCCOc1ccc(-c2cc(CCC(=O)OC)nn2C2CCCCC2)cc1. The molecule has 1 aromatic heterocycles. The van der Waals surface area contributed by atoms with E-state index in [-0.39, 0.29) is 5.97 Å². The van der Waals surface area contributed by atoms with Gasteiger partial charge in [-0.2, -0.15) is 5.10 Å². The number of hydrogen-bond acceptors (Lipinski definition) is 4. The van der Waals surface area contributed by atoms with E-state index < -0.39 is 0 Å². The van der Waals surface area contributed by atoms with E-state index in [0.29, 0.717) is 18.9 Å². The molecule has 1 saturated carbocycles. The highest BCUT2D eigenvalue weighted by Gasteiger charge is 2.21. The fourth-order valence-electron chi connectivity index (χ4n) is 3.78. The van der Waals surface area contributed by atoms with E-state index in [2.05, 4.69) is 29.8 Å². The molecule has 5 heteroatoms. The molecule has 1 heterocycles. The van der Waals surface area contributed by atoms with Gasteiger partial charge >= 0.3 is 5.97 Å². The summed E-state index contributed by atoms with van der Waals surface area (Å²) in [6.45, 7) is 2.92. The van der Waals surface area contributed by atoms with E-state index in [0.717, 1.165) is 42.1 Å². The minimum atomic E-state index is -0.192. The Balaban J connectivity index is 1.80. The van der Waals surface area contributed by atoms with Crippen molar-refractivity contribution in [3.05, 3.63) is 36.0 Å². The molecule has 5 nitrogen and oxygen atoms in total. The summed E-state index contributed by atoms with van der Waals surface area (Å²) in [5, 5.41) is 4.88. The van der Waals surface area contributed by atoms with Crippen molar-refractivity contribution in [2.75, 3.05) is 13.7 Å². The van der Waals surface area contributed by atoms with E-state index >= 15 is 0 Å². The Hall–Kier alpha value is -2.30. The van der Waals surface area contributed by atoms with Gasteiger partial charge < -0.3 is 9.47 Å². The summed E-state index contributed by atoms with van der Waals surface area (Å²) < 4.78 is 12.8. The fourth-order valence-corrected chi connectivity index (χ4v) is 3.78. The molecule has 1 aromatic carbocycles. The minimum absolute atomic E-state index is 0.192. The first-order chi connectivity index (χ1) is 13.7. The third kappa shape index (κ3) is 5.37. The molecule has 1 aliphatic rings. The van der Waals surface area contributed by atoms with Crippen molar-refractivity contribution < 1.29 is 14.3 Å². The highest BCUT2D eigenvalue weighted by Crippen LogP contribution is 2.33. The first-order valence-electron chi connectivity index (χ1n) is 10.6. The zero-order valence-electron chi connectivity index (χ0n) is 17.2. The summed E-state index contributed by atoms with van der Waals surface area (Å²) in [7, 11) is 1.43. The third-order valence-corrected chi connectivity index (χ3v) is 5.44. The van der Waals surface area contributed by atoms with Crippen LogP contribution in [0.25, 0.3) is 11.3 Å². The average Bonchev–Trinajstić information content (AvgIpc) is 3.17. The van der Waals surface area contributed by atoms with E-state index in [1.54, 1.807) is 0 Å². The Morgan fingerprint density at radius 1 is 1.18 bits per heavy atom. The summed E-state index contributed by atoms with van der Waals surface area (Å²) in [6, 6.07) is 10.9. The van der Waals surface area contributed by atoms with E-state index in [1.165, 1.54) is 39.2 Å². The first kappa shape index (κ1) is 20.4. The van der Waals surface area contributed by atoms with Crippen molar-refractivity contribution in [3.8, 4) is 17.0 Å². The van der Waals surface area contributed by atoms with Gasteiger partial charge in [-0.05, 0) is 49.6 Å². The van der Waals surface area contributed by atoms with Gasteiger partial charge in [0, 0.05) is 12.0 Å². The van der Waals surface area contributed by atoms with Crippen molar-refractivity contribution >= 4 is 5.97 Å². The maximum absolute atomic E-state index is 11.5. The average molecular weight is 385 g/mol. The Morgan fingerprint density at radius 3 is 2.61 bits per heavy atom. The predicted octanol–water partition coefficient (Wildman–Crippen LogP) is 5.34. The number of rotatable bonds is 9.